The number of ether oxygens (including phenoxy) is 1. The number of allylic oxidation sites excluding steroid dienone is 1. The molecule has 0 fully saturated rings. The molecule has 0 aliphatic heterocycles. The van der Waals surface area contributed by atoms with Crippen LogP contribution in [0.15, 0.2) is 36.9 Å². The maximum atomic E-state index is 5.69. The molecule has 0 aliphatic rings. The third-order valence-electron chi connectivity index (χ3n) is 2.41. The molecular weight excluding hydrogens is 196 g/mol. The standard InChI is InChI=1S/C15H20O/c1-6-7-16-15-10-12(4)9-13(5)14(15)8-11(2)3/h6,9-10H,1-2,7-8H2,3-5H3. The lowest BCUT2D eigenvalue weighted by Crippen LogP contribution is -2.01. The van der Waals surface area contributed by atoms with Gasteiger partial charge in [0.25, 0.3) is 0 Å². The van der Waals surface area contributed by atoms with Gasteiger partial charge in [0.05, 0.1) is 0 Å². The predicted molar refractivity (Wildman–Crippen MR) is 70.1 cm³/mol. The van der Waals surface area contributed by atoms with Crippen LogP contribution in [0.25, 0.3) is 0 Å². The SMILES string of the molecule is C=CCOc1cc(C)cc(C)c1CC(=C)C. The van der Waals surface area contributed by atoms with Crippen LogP contribution < -0.4 is 4.74 Å². The smallest absolute Gasteiger partial charge is 0.123 e. The Bertz CT molecular complexity index is 402. The average Bonchev–Trinajstić information content (AvgIpc) is 2.19. The lowest BCUT2D eigenvalue weighted by atomic mass is 9.99. The minimum Gasteiger partial charge on any atom is -0.489 e. The van der Waals surface area contributed by atoms with Gasteiger partial charge in [-0.1, -0.05) is 30.9 Å². The van der Waals surface area contributed by atoms with Crippen molar-refractivity contribution in [2.75, 3.05) is 6.61 Å². The lowest BCUT2D eigenvalue weighted by Gasteiger charge is -2.14. The minimum absolute atomic E-state index is 0.548. The molecule has 0 saturated carbocycles. The molecule has 0 aliphatic carbocycles. The number of rotatable bonds is 5. The largest absolute Gasteiger partial charge is 0.489 e. The molecule has 0 heterocycles. The van der Waals surface area contributed by atoms with Crippen molar-refractivity contribution in [2.24, 2.45) is 0 Å². The van der Waals surface area contributed by atoms with Crippen LogP contribution in [-0.2, 0) is 6.42 Å². The van der Waals surface area contributed by atoms with Crippen molar-refractivity contribution in [1.29, 1.82) is 0 Å². The Morgan fingerprint density at radius 3 is 2.62 bits per heavy atom. The fraction of sp³-hybridized carbons (Fsp3) is 0.333. The first-order valence-electron chi connectivity index (χ1n) is 5.52. The molecule has 16 heavy (non-hydrogen) atoms. The molecule has 0 radical (unpaired) electrons. The van der Waals surface area contributed by atoms with E-state index in [1.807, 2.05) is 6.92 Å². The molecule has 1 rings (SSSR count). The topological polar surface area (TPSA) is 9.23 Å². The van der Waals surface area contributed by atoms with E-state index in [1.54, 1.807) is 6.08 Å². The highest BCUT2D eigenvalue weighted by Gasteiger charge is 2.08. The van der Waals surface area contributed by atoms with E-state index < -0.39 is 0 Å². The fourth-order valence-electron chi connectivity index (χ4n) is 1.76. The molecule has 1 nitrogen and oxygen atoms in total. The van der Waals surface area contributed by atoms with Crippen LogP contribution >= 0.6 is 0 Å². The Hall–Kier alpha value is -1.50. The molecule has 1 aromatic rings. The van der Waals surface area contributed by atoms with E-state index in [-0.39, 0.29) is 0 Å². The molecular formula is C15H20O. The van der Waals surface area contributed by atoms with Gasteiger partial charge in [-0.15, -0.1) is 0 Å². The lowest BCUT2D eigenvalue weighted by molar-refractivity contribution is 0.359. The molecule has 0 amide bonds. The summed E-state index contributed by atoms with van der Waals surface area (Å²) in [6.45, 7) is 14.4. The number of hydrogen-bond donors (Lipinski definition) is 0. The van der Waals surface area contributed by atoms with E-state index in [4.69, 9.17) is 4.74 Å². The summed E-state index contributed by atoms with van der Waals surface area (Å²) in [5.74, 6) is 0.959. The van der Waals surface area contributed by atoms with Gasteiger partial charge in [0.2, 0.25) is 0 Å². The third-order valence-corrected chi connectivity index (χ3v) is 2.41. The van der Waals surface area contributed by atoms with Gasteiger partial charge >= 0.3 is 0 Å². The van der Waals surface area contributed by atoms with Gasteiger partial charge in [0.1, 0.15) is 12.4 Å². The summed E-state index contributed by atoms with van der Waals surface area (Å²) >= 11 is 0. The van der Waals surface area contributed by atoms with Crippen molar-refractivity contribution in [3.05, 3.63) is 53.6 Å². The minimum atomic E-state index is 0.548. The normalized spacial score (nSPS) is 9.94. The van der Waals surface area contributed by atoms with Crippen molar-refractivity contribution in [3.8, 4) is 5.75 Å². The van der Waals surface area contributed by atoms with Gasteiger partial charge in [0, 0.05) is 5.56 Å². The van der Waals surface area contributed by atoms with E-state index in [9.17, 15) is 0 Å². The first-order chi connectivity index (χ1) is 7.54. The van der Waals surface area contributed by atoms with E-state index in [0.29, 0.717) is 6.61 Å². The summed E-state index contributed by atoms with van der Waals surface area (Å²) in [6.07, 6.45) is 2.64. The van der Waals surface area contributed by atoms with Gasteiger partial charge in [0.15, 0.2) is 0 Å². The van der Waals surface area contributed by atoms with Crippen molar-refractivity contribution < 1.29 is 4.74 Å². The third kappa shape index (κ3) is 3.27. The summed E-state index contributed by atoms with van der Waals surface area (Å²) < 4.78 is 5.69. The van der Waals surface area contributed by atoms with E-state index in [0.717, 1.165) is 17.7 Å². The number of hydrogen-bond acceptors (Lipinski definition) is 1. The van der Waals surface area contributed by atoms with Crippen LogP contribution in [0.2, 0.25) is 0 Å². The molecule has 1 heteroatoms. The van der Waals surface area contributed by atoms with E-state index in [1.165, 1.54) is 16.7 Å². The second-order valence-corrected chi connectivity index (χ2v) is 4.29. The summed E-state index contributed by atoms with van der Waals surface area (Å²) in [5.41, 5.74) is 4.87. The zero-order valence-corrected chi connectivity index (χ0v) is 10.5. The van der Waals surface area contributed by atoms with Crippen LogP contribution in [0.3, 0.4) is 0 Å². The van der Waals surface area contributed by atoms with Crippen molar-refractivity contribution >= 4 is 0 Å². The highest BCUT2D eigenvalue weighted by atomic mass is 16.5. The summed E-state index contributed by atoms with van der Waals surface area (Å²) in [5, 5.41) is 0. The van der Waals surface area contributed by atoms with Crippen LogP contribution in [-0.4, -0.2) is 6.61 Å². The Morgan fingerprint density at radius 2 is 2.06 bits per heavy atom. The van der Waals surface area contributed by atoms with E-state index in [2.05, 4.69) is 39.1 Å². The second-order valence-electron chi connectivity index (χ2n) is 4.29. The average molecular weight is 216 g/mol. The summed E-state index contributed by atoms with van der Waals surface area (Å²) in [6, 6.07) is 4.26. The molecule has 0 saturated heterocycles. The predicted octanol–water partition coefficient (Wildman–Crippen LogP) is 3.99. The van der Waals surface area contributed by atoms with Crippen molar-refractivity contribution in [3.63, 3.8) is 0 Å². The first-order valence-corrected chi connectivity index (χ1v) is 5.52. The van der Waals surface area contributed by atoms with E-state index >= 15 is 0 Å². The molecule has 1 aromatic carbocycles. The second kappa shape index (κ2) is 5.55. The maximum absolute atomic E-state index is 5.69. The quantitative estimate of drug-likeness (QED) is 0.676. The van der Waals surface area contributed by atoms with Crippen molar-refractivity contribution in [2.45, 2.75) is 27.2 Å². The molecule has 0 bridgehead atoms. The molecule has 0 aromatic heterocycles. The van der Waals surface area contributed by atoms with Crippen LogP contribution in [0.5, 0.6) is 5.75 Å². The first kappa shape index (κ1) is 12.6. The highest BCUT2D eigenvalue weighted by Crippen LogP contribution is 2.26. The monoisotopic (exact) mass is 216 g/mol. The summed E-state index contributed by atoms with van der Waals surface area (Å²) in [7, 11) is 0. The van der Waals surface area contributed by atoms with Gasteiger partial charge in [-0.3, -0.25) is 0 Å². The Kier molecular flexibility index (Phi) is 4.36. The highest BCUT2D eigenvalue weighted by molar-refractivity contribution is 5.44. The molecule has 0 atom stereocenters. The number of aryl methyl sites for hydroxylation is 2. The molecule has 86 valence electrons. The van der Waals surface area contributed by atoms with Gasteiger partial charge in [-0.05, 0) is 44.4 Å². The Labute approximate surface area is 98.5 Å². The van der Waals surface area contributed by atoms with Crippen LogP contribution in [0.4, 0.5) is 0 Å². The molecule has 0 unspecified atom stereocenters. The van der Waals surface area contributed by atoms with Crippen LogP contribution in [0, 0.1) is 13.8 Å². The van der Waals surface area contributed by atoms with Gasteiger partial charge < -0.3 is 4.74 Å². The van der Waals surface area contributed by atoms with Crippen molar-refractivity contribution in [1.82, 2.24) is 0 Å². The Morgan fingerprint density at radius 1 is 1.38 bits per heavy atom. The zero-order chi connectivity index (χ0) is 12.1. The number of benzene rings is 1. The zero-order valence-electron chi connectivity index (χ0n) is 10.5. The van der Waals surface area contributed by atoms with Gasteiger partial charge in [-0.25, -0.2) is 0 Å². The molecule has 0 N–H and O–H groups in total. The molecule has 0 spiro atoms. The maximum Gasteiger partial charge on any atom is 0.123 e. The summed E-state index contributed by atoms with van der Waals surface area (Å²) in [4.78, 5) is 0. The fourth-order valence-corrected chi connectivity index (χ4v) is 1.76. The van der Waals surface area contributed by atoms with Gasteiger partial charge in [-0.2, -0.15) is 0 Å². The van der Waals surface area contributed by atoms with Crippen LogP contribution in [0.1, 0.15) is 23.6 Å². The Balaban J connectivity index is 3.09.